The SMILES string of the molecule is c1ccc(-c2ccccc2N(c2ccc3cc4c(cc3c2)C2(c3ccccc3-c3ccccc32)c2cc(N(c3ccccc3-c3ccccc3)c3cccc5c3oc3ccccc35)c3ccccc3c2-4)c2cccc3c2oc2ccccc23)cc1. The number of furan rings is 2. The third-order valence-electron chi connectivity index (χ3n) is 18.2. The lowest BCUT2D eigenvalue weighted by molar-refractivity contribution is 0.668. The average Bonchev–Trinajstić information content (AvgIpc) is 1.62. The summed E-state index contributed by atoms with van der Waals surface area (Å²) in [6.07, 6.45) is 0. The number of rotatable bonds is 8. The Kier molecular flexibility index (Phi) is 10.3. The first kappa shape index (κ1) is 47.4. The second-order valence-corrected chi connectivity index (χ2v) is 22.6. The molecule has 0 saturated carbocycles. The zero-order chi connectivity index (χ0) is 55.7. The molecule has 14 aromatic carbocycles. The Morgan fingerprint density at radius 2 is 0.706 bits per heavy atom. The standard InChI is InChI=1S/C81H50N2O2/c1-3-23-51(24-4-1)56-27-11-17-39-71(56)82(73-41-21-35-64-61-32-13-19-43-76(61)84-79(64)73)55-46-45-53-48-66-69(49-54(53)47-55)81(67-37-15-9-29-58(67)59-30-10-16-38-68(59)81)70-50-75(60-31-7-8-34-63(60)78(66)70)83(72-40-18-12-28-57(72)52-25-5-2-6-26-52)74-42-22-36-65-62-33-14-20-44-77(62)85-80(65)74/h1-50H. The summed E-state index contributed by atoms with van der Waals surface area (Å²) < 4.78 is 13.9. The van der Waals surface area contributed by atoms with Crippen LogP contribution >= 0.6 is 0 Å². The van der Waals surface area contributed by atoms with Crippen LogP contribution in [0.15, 0.2) is 312 Å². The molecule has 1 spiro atoms. The number of nitrogens with zero attached hydrogens (tertiary/aromatic N) is 2. The van der Waals surface area contributed by atoms with Crippen molar-refractivity contribution in [1.29, 1.82) is 0 Å². The van der Waals surface area contributed by atoms with Crippen LogP contribution in [0.1, 0.15) is 22.3 Å². The van der Waals surface area contributed by atoms with Gasteiger partial charge in [0.1, 0.15) is 11.2 Å². The second-order valence-electron chi connectivity index (χ2n) is 22.6. The summed E-state index contributed by atoms with van der Waals surface area (Å²) in [5, 5.41) is 8.97. The maximum Gasteiger partial charge on any atom is 0.159 e. The molecule has 0 amide bonds. The van der Waals surface area contributed by atoms with Crippen molar-refractivity contribution in [3.63, 3.8) is 0 Å². The Morgan fingerprint density at radius 1 is 0.247 bits per heavy atom. The van der Waals surface area contributed by atoms with Crippen molar-refractivity contribution < 1.29 is 8.83 Å². The summed E-state index contributed by atoms with van der Waals surface area (Å²) in [6, 6.07) is 111. The summed E-state index contributed by atoms with van der Waals surface area (Å²) in [7, 11) is 0. The Morgan fingerprint density at radius 3 is 1.31 bits per heavy atom. The van der Waals surface area contributed by atoms with E-state index in [-0.39, 0.29) is 0 Å². The van der Waals surface area contributed by atoms with Gasteiger partial charge < -0.3 is 18.6 Å². The van der Waals surface area contributed by atoms with Crippen LogP contribution in [0.2, 0.25) is 0 Å². The highest BCUT2D eigenvalue weighted by Gasteiger charge is 2.53. The number of anilines is 6. The monoisotopic (exact) mass is 1080 g/mol. The molecule has 0 fully saturated rings. The molecule has 18 rings (SSSR count). The van der Waals surface area contributed by atoms with Gasteiger partial charge in [-0.2, -0.15) is 0 Å². The van der Waals surface area contributed by atoms with E-state index in [2.05, 4.69) is 307 Å². The van der Waals surface area contributed by atoms with Crippen molar-refractivity contribution in [3.05, 3.63) is 326 Å². The van der Waals surface area contributed by atoms with Gasteiger partial charge in [-0.3, -0.25) is 0 Å². The first-order valence-electron chi connectivity index (χ1n) is 29.2. The number of hydrogen-bond acceptors (Lipinski definition) is 4. The molecule has 0 unspecified atom stereocenters. The van der Waals surface area contributed by atoms with Crippen molar-refractivity contribution >= 4 is 99.5 Å². The molecule has 0 aliphatic heterocycles. The van der Waals surface area contributed by atoms with Crippen LogP contribution in [-0.2, 0) is 5.41 Å². The van der Waals surface area contributed by atoms with Crippen molar-refractivity contribution in [1.82, 2.24) is 0 Å². The minimum absolute atomic E-state index is 0.712. The highest BCUT2D eigenvalue weighted by Crippen LogP contribution is 2.66. The zero-order valence-electron chi connectivity index (χ0n) is 46.1. The van der Waals surface area contributed by atoms with Crippen molar-refractivity contribution in [2.45, 2.75) is 5.41 Å². The van der Waals surface area contributed by atoms with Crippen molar-refractivity contribution in [2.75, 3.05) is 9.80 Å². The second kappa shape index (κ2) is 18.4. The van der Waals surface area contributed by atoms with Crippen molar-refractivity contribution in [3.8, 4) is 44.5 Å². The number of hydrogen-bond donors (Lipinski definition) is 0. The van der Waals surface area contributed by atoms with Gasteiger partial charge in [-0.1, -0.05) is 237 Å². The summed E-state index contributed by atoms with van der Waals surface area (Å²) in [5.74, 6) is 0. The molecule has 0 atom stereocenters. The summed E-state index contributed by atoms with van der Waals surface area (Å²) in [6.45, 7) is 0. The molecule has 85 heavy (non-hydrogen) atoms. The Hall–Kier alpha value is -11.2. The van der Waals surface area contributed by atoms with E-state index >= 15 is 0 Å². The lowest BCUT2D eigenvalue weighted by atomic mass is 9.70. The first-order chi connectivity index (χ1) is 42.2. The van der Waals surface area contributed by atoms with Gasteiger partial charge in [0.25, 0.3) is 0 Å². The van der Waals surface area contributed by atoms with Crippen molar-refractivity contribution in [2.24, 2.45) is 0 Å². The van der Waals surface area contributed by atoms with Crippen LogP contribution in [0.4, 0.5) is 34.1 Å². The van der Waals surface area contributed by atoms with E-state index in [0.717, 1.165) is 116 Å². The minimum Gasteiger partial charge on any atom is -0.454 e. The van der Waals surface area contributed by atoms with Gasteiger partial charge in [0.2, 0.25) is 0 Å². The molecule has 2 aromatic heterocycles. The average molecular weight is 1080 g/mol. The summed E-state index contributed by atoms with van der Waals surface area (Å²) in [4.78, 5) is 4.90. The van der Waals surface area contributed by atoms with Crippen LogP contribution in [-0.4, -0.2) is 0 Å². The predicted molar refractivity (Wildman–Crippen MR) is 353 cm³/mol. The van der Waals surface area contributed by atoms with Gasteiger partial charge in [-0.15, -0.1) is 0 Å². The fourth-order valence-corrected chi connectivity index (χ4v) is 14.7. The molecule has 16 aromatic rings. The topological polar surface area (TPSA) is 32.8 Å². The van der Waals surface area contributed by atoms with Gasteiger partial charge in [-0.05, 0) is 139 Å². The molecule has 0 saturated heterocycles. The lowest BCUT2D eigenvalue weighted by Crippen LogP contribution is -2.26. The molecular weight excluding hydrogens is 1030 g/mol. The van der Waals surface area contributed by atoms with E-state index in [1.54, 1.807) is 0 Å². The predicted octanol–water partition coefficient (Wildman–Crippen LogP) is 22.4. The van der Waals surface area contributed by atoms with E-state index in [9.17, 15) is 0 Å². The third kappa shape index (κ3) is 6.85. The van der Waals surface area contributed by atoms with Gasteiger partial charge >= 0.3 is 0 Å². The molecule has 0 radical (unpaired) electrons. The van der Waals surface area contributed by atoms with Crippen LogP contribution in [0, 0.1) is 0 Å². The Labute approximate surface area is 490 Å². The van der Waals surface area contributed by atoms with E-state index < -0.39 is 5.41 Å². The zero-order valence-corrected chi connectivity index (χ0v) is 46.1. The third-order valence-corrected chi connectivity index (χ3v) is 18.2. The molecule has 2 heterocycles. The molecule has 0 N–H and O–H groups in total. The Balaban J connectivity index is 0.930. The van der Waals surface area contributed by atoms with Crippen LogP contribution in [0.3, 0.4) is 0 Å². The maximum atomic E-state index is 7.04. The van der Waals surface area contributed by atoms with Crippen LogP contribution in [0.25, 0.3) is 110 Å². The quantitative estimate of drug-likeness (QED) is 0.152. The molecule has 4 heteroatoms. The molecule has 396 valence electrons. The van der Waals surface area contributed by atoms with Gasteiger partial charge in [-0.25, -0.2) is 0 Å². The molecule has 2 aliphatic carbocycles. The number of fused-ring (bicyclic) bond motifs is 19. The largest absolute Gasteiger partial charge is 0.454 e. The molecule has 0 bridgehead atoms. The summed E-state index contributed by atoms with van der Waals surface area (Å²) >= 11 is 0. The highest BCUT2D eigenvalue weighted by molar-refractivity contribution is 6.17. The lowest BCUT2D eigenvalue weighted by Gasteiger charge is -2.33. The number of para-hydroxylation sites is 6. The minimum atomic E-state index is -0.712. The normalized spacial score (nSPS) is 12.8. The Bertz CT molecular complexity index is 5360. The fourth-order valence-electron chi connectivity index (χ4n) is 14.7. The molecule has 4 nitrogen and oxygen atoms in total. The van der Waals surface area contributed by atoms with Gasteiger partial charge in [0, 0.05) is 43.7 Å². The van der Waals surface area contributed by atoms with E-state index in [1.165, 1.54) is 49.9 Å². The fraction of sp³-hybridized carbons (Fsp3) is 0.0123. The van der Waals surface area contributed by atoms with Gasteiger partial charge in [0.15, 0.2) is 11.2 Å². The molecule has 2 aliphatic rings. The summed E-state index contributed by atoms with van der Waals surface area (Å²) in [5.41, 5.74) is 23.4. The van der Waals surface area contributed by atoms with E-state index in [0.29, 0.717) is 0 Å². The van der Waals surface area contributed by atoms with Gasteiger partial charge in [0.05, 0.1) is 33.9 Å². The maximum absolute atomic E-state index is 7.04. The van der Waals surface area contributed by atoms with Crippen LogP contribution < -0.4 is 9.80 Å². The van der Waals surface area contributed by atoms with Crippen LogP contribution in [0.5, 0.6) is 0 Å². The first-order valence-corrected chi connectivity index (χ1v) is 29.2. The number of benzene rings is 14. The van der Waals surface area contributed by atoms with E-state index in [4.69, 9.17) is 8.83 Å². The smallest absolute Gasteiger partial charge is 0.159 e. The highest BCUT2D eigenvalue weighted by atomic mass is 16.3. The molecular formula is C81H50N2O2. The van der Waals surface area contributed by atoms with E-state index in [1.807, 2.05) is 6.07 Å².